The maximum Gasteiger partial charge on any atom is 0.144 e. The predicted molar refractivity (Wildman–Crippen MR) is 78.9 cm³/mol. The van der Waals surface area contributed by atoms with E-state index in [0.717, 1.165) is 5.69 Å². The fourth-order valence-electron chi connectivity index (χ4n) is 1.87. The summed E-state index contributed by atoms with van der Waals surface area (Å²) in [6, 6.07) is 5.81. The number of nitrogens with two attached hydrogens (primary N) is 1. The molecule has 3 N–H and O–H groups in total. The van der Waals surface area contributed by atoms with Gasteiger partial charge in [0.2, 0.25) is 0 Å². The molecule has 0 radical (unpaired) electrons. The molecule has 0 fully saturated rings. The number of nitrogens with one attached hydrogen (secondary N) is 1. The van der Waals surface area contributed by atoms with Gasteiger partial charge in [0.15, 0.2) is 0 Å². The van der Waals surface area contributed by atoms with Gasteiger partial charge in [0.25, 0.3) is 0 Å². The number of halogens is 2. The molecule has 104 valence electrons. The van der Waals surface area contributed by atoms with Gasteiger partial charge in [-0.05, 0) is 41.9 Å². The summed E-state index contributed by atoms with van der Waals surface area (Å²) in [5.74, 6) is 0.152. The van der Waals surface area contributed by atoms with Crippen LogP contribution in [0, 0.1) is 25.1 Å². The number of hydrogen-bond acceptors (Lipinski definition) is 3. The lowest BCUT2D eigenvalue weighted by Gasteiger charge is -2.14. The van der Waals surface area contributed by atoms with Crippen LogP contribution in [0.1, 0.15) is 17.0 Å². The third-order valence-electron chi connectivity index (χ3n) is 2.67. The molecule has 1 heterocycles. The van der Waals surface area contributed by atoms with Crippen LogP contribution in [0.2, 0.25) is 0 Å². The van der Waals surface area contributed by atoms with Gasteiger partial charge in [-0.25, -0.2) is 4.39 Å². The summed E-state index contributed by atoms with van der Waals surface area (Å²) in [6.07, 6.45) is 0. The van der Waals surface area contributed by atoms with Crippen molar-refractivity contribution in [3.63, 3.8) is 0 Å². The summed E-state index contributed by atoms with van der Waals surface area (Å²) in [5.41, 5.74) is 7.30. The number of aromatic nitrogens is 1. The van der Waals surface area contributed by atoms with Gasteiger partial charge in [-0.15, -0.1) is 0 Å². The molecule has 0 spiro atoms. The minimum atomic E-state index is -0.407. The van der Waals surface area contributed by atoms with Crippen LogP contribution in [0.3, 0.4) is 0 Å². The zero-order valence-electron chi connectivity index (χ0n) is 11.0. The van der Waals surface area contributed by atoms with Crippen molar-refractivity contribution < 1.29 is 9.13 Å². The minimum Gasteiger partial charge on any atom is -0.455 e. The lowest BCUT2D eigenvalue weighted by Crippen LogP contribution is -2.15. The highest BCUT2D eigenvalue weighted by Gasteiger charge is 2.15. The first-order valence-corrected chi connectivity index (χ1v) is 6.63. The summed E-state index contributed by atoms with van der Waals surface area (Å²) >= 11 is 3.29. The van der Waals surface area contributed by atoms with Crippen molar-refractivity contribution in [3.8, 4) is 11.5 Å². The van der Waals surface area contributed by atoms with Crippen molar-refractivity contribution in [2.45, 2.75) is 13.8 Å². The highest BCUT2D eigenvalue weighted by Crippen LogP contribution is 2.33. The molecule has 20 heavy (non-hydrogen) atoms. The Bertz CT molecular complexity index is 688. The van der Waals surface area contributed by atoms with Crippen LogP contribution in [0.4, 0.5) is 4.39 Å². The number of aryl methyl sites for hydroxylation is 2. The van der Waals surface area contributed by atoms with Crippen LogP contribution >= 0.6 is 15.9 Å². The van der Waals surface area contributed by atoms with E-state index in [-0.39, 0.29) is 5.84 Å². The number of pyridine rings is 1. The van der Waals surface area contributed by atoms with Crippen LogP contribution in [-0.4, -0.2) is 10.8 Å². The largest absolute Gasteiger partial charge is 0.455 e. The Morgan fingerprint density at radius 1 is 1.30 bits per heavy atom. The maximum atomic E-state index is 13.3. The lowest BCUT2D eigenvalue weighted by molar-refractivity contribution is 0.471. The summed E-state index contributed by atoms with van der Waals surface area (Å²) in [7, 11) is 0. The molecule has 0 saturated heterocycles. The number of rotatable bonds is 3. The molecular weight excluding hydrogens is 325 g/mol. The molecule has 0 bridgehead atoms. The van der Waals surface area contributed by atoms with E-state index in [1.54, 1.807) is 19.1 Å². The van der Waals surface area contributed by atoms with Gasteiger partial charge in [0.1, 0.15) is 23.2 Å². The molecule has 6 heteroatoms. The van der Waals surface area contributed by atoms with E-state index in [4.69, 9.17) is 15.9 Å². The molecule has 2 rings (SSSR count). The highest BCUT2D eigenvalue weighted by molar-refractivity contribution is 9.10. The van der Waals surface area contributed by atoms with Crippen molar-refractivity contribution in [3.05, 3.63) is 51.5 Å². The van der Waals surface area contributed by atoms with Crippen molar-refractivity contribution in [2.75, 3.05) is 0 Å². The molecular formula is C14H13BrFN3O. The number of amidine groups is 1. The van der Waals surface area contributed by atoms with E-state index in [1.165, 1.54) is 12.1 Å². The van der Waals surface area contributed by atoms with Gasteiger partial charge >= 0.3 is 0 Å². The van der Waals surface area contributed by atoms with Gasteiger partial charge in [-0.1, -0.05) is 0 Å². The monoisotopic (exact) mass is 337 g/mol. The molecule has 2 aromatic rings. The number of ether oxygens (including phenoxy) is 1. The standard InChI is InChI=1S/C14H13BrFN3O/c1-7-5-12(13(14(17)18)8(2)19-7)20-11-6-9(16)3-4-10(11)15/h3-6H,1-2H3,(H3,17,18). The molecule has 0 saturated carbocycles. The highest BCUT2D eigenvalue weighted by atomic mass is 79.9. The topological polar surface area (TPSA) is 72.0 Å². The second-order valence-electron chi connectivity index (χ2n) is 4.31. The normalized spacial score (nSPS) is 10.4. The molecule has 0 aliphatic carbocycles. The van der Waals surface area contributed by atoms with E-state index in [0.29, 0.717) is 27.2 Å². The smallest absolute Gasteiger partial charge is 0.144 e. The summed E-state index contributed by atoms with van der Waals surface area (Å²) in [4.78, 5) is 4.25. The Labute approximate surface area is 124 Å². The van der Waals surface area contributed by atoms with Gasteiger partial charge in [0, 0.05) is 17.8 Å². The first-order valence-electron chi connectivity index (χ1n) is 5.84. The first kappa shape index (κ1) is 14.5. The molecule has 0 atom stereocenters. The molecule has 1 aromatic carbocycles. The van der Waals surface area contributed by atoms with Gasteiger partial charge < -0.3 is 10.5 Å². The number of nitrogens with zero attached hydrogens (tertiary/aromatic N) is 1. The minimum absolute atomic E-state index is 0.141. The van der Waals surface area contributed by atoms with Gasteiger partial charge in [0.05, 0.1) is 15.7 Å². The fourth-order valence-corrected chi connectivity index (χ4v) is 2.20. The molecule has 0 aliphatic rings. The molecule has 0 amide bonds. The number of hydrogen-bond donors (Lipinski definition) is 2. The van der Waals surface area contributed by atoms with Crippen LogP contribution in [0.5, 0.6) is 11.5 Å². The first-order chi connectivity index (χ1) is 9.38. The summed E-state index contributed by atoms with van der Waals surface area (Å²) in [6.45, 7) is 3.56. The van der Waals surface area contributed by atoms with E-state index in [9.17, 15) is 4.39 Å². The molecule has 0 aliphatic heterocycles. The Balaban J connectivity index is 2.53. The van der Waals surface area contributed by atoms with Crippen LogP contribution in [0.15, 0.2) is 28.7 Å². The third kappa shape index (κ3) is 2.96. The Morgan fingerprint density at radius 2 is 2.00 bits per heavy atom. The van der Waals surface area contributed by atoms with E-state index in [2.05, 4.69) is 20.9 Å². The average Bonchev–Trinajstić information content (AvgIpc) is 2.32. The predicted octanol–water partition coefficient (Wildman–Crippen LogP) is 3.68. The summed E-state index contributed by atoms with van der Waals surface area (Å²) in [5, 5.41) is 7.62. The summed E-state index contributed by atoms with van der Waals surface area (Å²) < 4.78 is 19.6. The SMILES string of the molecule is Cc1cc(Oc2cc(F)ccc2Br)c(C(=N)N)c(C)n1. The zero-order chi connectivity index (χ0) is 14.9. The lowest BCUT2D eigenvalue weighted by atomic mass is 10.1. The van der Waals surface area contributed by atoms with Crippen LogP contribution < -0.4 is 10.5 Å². The second kappa shape index (κ2) is 5.58. The maximum absolute atomic E-state index is 13.3. The quantitative estimate of drug-likeness (QED) is 0.662. The Morgan fingerprint density at radius 3 is 2.65 bits per heavy atom. The fraction of sp³-hybridized carbons (Fsp3) is 0.143. The van der Waals surface area contributed by atoms with Crippen LogP contribution in [-0.2, 0) is 0 Å². The van der Waals surface area contributed by atoms with Crippen LogP contribution in [0.25, 0.3) is 0 Å². The Kier molecular flexibility index (Phi) is 4.04. The van der Waals surface area contributed by atoms with E-state index in [1.807, 2.05) is 6.92 Å². The van der Waals surface area contributed by atoms with Crippen molar-refractivity contribution in [2.24, 2.45) is 5.73 Å². The number of benzene rings is 1. The van der Waals surface area contributed by atoms with Gasteiger partial charge in [-0.3, -0.25) is 10.4 Å². The molecule has 4 nitrogen and oxygen atoms in total. The third-order valence-corrected chi connectivity index (χ3v) is 3.33. The molecule has 1 aromatic heterocycles. The Hall–Kier alpha value is -1.95. The molecule has 0 unspecified atom stereocenters. The zero-order valence-corrected chi connectivity index (χ0v) is 12.6. The van der Waals surface area contributed by atoms with Gasteiger partial charge in [-0.2, -0.15) is 0 Å². The average molecular weight is 338 g/mol. The van der Waals surface area contributed by atoms with Crippen molar-refractivity contribution in [1.29, 1.82) is 5.41 Å². The van der Waals surface area contributed by atoms with Crippen molar-refractivity contribution in [1.82, 2.24) is 4.98 Å². The number of nitrogen functional groups attached to an aromatic ring is 1. The van der Waals surface area contributed by atoms with E-state index < -0.39 is 5.82 Å². The van der Waals surface area contributed by atoms with E-state index >= 15 is 0 Å². The van der Waals surface area contributed by atoms with Crippen molar-refractivity contribution >= 4 is 21.8 Å². The second-order valence-corrected chi connectivity index (χ2v) is 5.17.